The number of para-hydroxylation sites is 2. The normalized spacial score (nSPS) is 16.7. The van der Waals surface area contributed by atoms with Crippen LogP contribution in [0.3, 0.4) is 0 Å². The van der Waals surface area contributed by atoms with E-state index in [0.717, 1.165) is 12.1 Å². The third-order valence-corrected chi connectivity index (χ3v) is 3.26. The number of rotatable bonds is 2. The molecule has 0 saturated carbocycles. The Morgan fingerprint density at radius 2 is 1.83 bits per heavy atom. The Labute approximate surface area is 129 Å². The number of alkyl halides is 3. The van der Waals surface area contributed by atoms with E-state index in [1.165, 1.54) is 12.1 Å². The minimum absolute atomic E-state index is 0.0121. The first-order chi connectivity index (χ1) is 10.9. The number of benzene rings is 2. The zero-order valence-electron chi connectivity index (χ0n) is 11.8. The van der Waals surface area contributed by atoms with Crippen molar-refractivity contribution in [2.45, 2.75) is 12.3 Å². The summed E-state index contributed by atoms with van der Waals surface area (Å²) in [7, 11) is 0. The summed E-state index contributed by atoms with van der Waals surface area (Å²) in [5.41, 5.74) is -0.784. The van der Waals surface area contributed by atoms with Crippen molar-refractivity contribution in [2.75, 3.05) is 11.9 Å². The number of hydrogen-bond acceptors (Lipinski definition) is 3. The minimum atomic E-state index is -4.47. The van der Waals surface area contributed by atoms with E-state index in [4.69, 9.17) is 9.47 Å². The molecule has 1 heterocycles. The van der Waals surface area contributed by atoms with Gasteiger partial charge in [-0.2, -0.15) is 13.2 Å². The van der Waals surface area contributed by atoms with Gasteiger partial charge in [0.2, 0.25) is 6.10 Å². The molecule has 3 rings (SSSR count). The Hall–Kier alpha value is -2.70. The summed E-state index contributed by atoms with van der Waals surface area (Å²) in [4.78, 5) is 12.1. The van der Waals surface area contributed by atoms with Crippen molar-refractivity contribution in [3.8, 4) is 11.5 Å². The molecule has 1 atom stereocenters. The summed E-state index contributed by atoms with van der Waals surface area (Å²) in [5.74, 6) is 0.373. The monoisotopic (exact) mass is 323 g/mol. The predicted molar refractivity (Wildman–Crippen MR) is 76.4 cm³/mol. The molecule has 4 nitrogen and oxygen atoms in total. The van der Waals surface area contributed by atoms with Crippen molar-refractivity contribution in [2.24, 2.45) is 0 Å². The number of carbonyl (C=O) groups is 1. The third kappa shape index (κ3) is 3.39. The van der Waals surface area contributed by atoms with Crippen molar-refractivity contribution >= 4 is 11.6 Å². The van der Waals surface area contributed by atoms with Crippen molar-refractivity contribution < 1.29 is 27.4 Å². The van der Waals surface area contributed by atoms with E-state index < -0.39 is 23.8 Å². The largest absolute Gasteiger partial charge is 0.485 e. The van der Waals surface area contributed by atoms with E-state index in [0.29, 0.717) is 11.5 Å². The van der Waals surface area contributed by atoms with Gasteiger partial charge in [-0.15, -0.1) is 0 Å². The molecule has 0 saturated heterocycles. The first-order valence-corrected chi connectivity index (χ1v) is 6.80. The lowest BCUT2D eigenvalue weighted by molar-refractivity contribution is -0.137. The fraction of sp³-hybridized carbons (Fsp3) is 0.188. The van der Waals surface area contributed by atoms with Crippen LogP contribution in [0.5, 0.6) is 11.5 Å². The predicted octanol–water partition coefficient (Wildman–Crippen LogP) is 3.48. The van der Waals surface area contributed by atoms with Crippen LogP contribution in [0.15, 0.2) is 48.5 Å². The van der Waals surface area contributed by atoms with Crippen molar-refractivity contribution in [1.29, 1.82) is 0 Å². The number of anilines is 1. The summed E-state index contributed by atoms with van der Waals surface area (Å²) < 4.78 is 48.9. The number of nitrogens with one attached hydrogen (secondary N) is 1. The SMILES string of the molecule is O=C(Nc1cccc(C(F)(F)F)c1)[C@H]1COc2ccccc2O1. The topological polar surface area (TPSA) is 47.6 Å². The molecule has 120 valence electrons. The standard InChI is InChI=1S/C16H12F3NO3/c17-16(18,19)10-4-3-5-11(8-10)20-15(21)14-9-22-12-6-1-2-7-13(12)23-14/h1-8,14H,9H2,(H,20,21)/t14-/m1/s1. The van der Waals surface area contributed by atoms with E-state index in [1.807, 2.05) is 0 Å². The first kappa shape index (κ1) is 15.2. The van der Waals surface area contributed by atoms with Crippen molar-refractivity contribution in [3.63, 3.8) is 0 Å². The Bertz CT molecular complexity index is 731. The van der Waals surface area contributed by atoms with Crippen LogP contribution in [0, 0.1) is 0 Å². The van der Waals surface area contributed by atoms with Crippen LogP contribution in [-0.4, -0.2) is 18.6 Å². The number of ether oxygens (including phenoxy) is 2. The van der Waals surface area contributed by atoms with Crippen LogP contribution in [0.1, 0.15) is 5.56 Å². The summed E-state index contributed by atoms with van der Waals surface area (Å²) in [6.45, 7) is -0.0121. The molecule has 0 aromatic heterocycles. The second-order valence-corrected chi connectivity index (χ2v) is 4.93. The molecule has 1 N–H and O–H groups in total. The number of hydrogen-bond donors (Lipinski definition) is 1. The molecule has 0 unspecified atom stereocenters. The molecule has 1 aliphatic heterocycles. The molecule has 0 spiro atoms. The molecule has 0 bridgehead atoms. The Morgan fingerprint density at radius 1 is 1.09 bits per heavy atom. The number of carbonyl (C=O) groups excluding carboxylic acids is 1. The molecule has 7 heteroatoms. The van der Waals surface area contributed by atoms with Gasteiger partial charge in [0.15, 0.2) is 11.5 Å². The summed E-state index contributed by atoms with van der Waals surface area (Å²) in [5, 5.41) is 2.41. The average molecular weight is 323 g/mol. The smallest absolute Gasteiger partial charge is 0.416 e. The van der Waals surface area contributed by atoms with Gasteiger partial charge in [0.25, 0.3) is 5.91 Å². The van der Waals surface area contributed by atoms with Gasteiger partial charge in [-0.3, -0.25) is 4.79 Å². The van der Waals surface area contributed by atoms with Gasteiger partial charge in [0, 0.05) is 5.69 Å². The van der Waals surface area contributed by atoms with Crippen LogP contribution in [-0.2, 0) is 11.0 Å². The molecular formula is C16H12F3NO3. The van der Waals surface area contributed by atoms with Crippen LogP contribution >= 0.6 is 0 Å². The number of amides is 1. The van der Waals surface area contributed by atoms with Crippen LogP contribution < -0.4 is 14.8 Å². The maximum Gasteiger partial charge on any atom is 0.416 e. The summed E-state index contributed by atoms with van der Waals surface area (Å²) >= 11 is 0. The zero-order chi connectivity index (χ0) is 16.4. The quantitative estimate of drug-likeness (QED) is 0.920. The summed E-state index contributed by atoms with van der Waals surface area (Å²) in [6, 6.07) is 11.3. The highest BCUT2D eigenvalue weighted by Gasteiger charge is 2.31. The third-order valence-electron chi connectivity index (χ3n) is 3.26. The minimum Gasteiger partial charge on any atom is -0.485 e. The number of fused-ring (bicyclic) bond motifs is 1. The van der Waals surface area contributed by atoms with E-state index in [1.54, 1.807) is 24.3 Å². The summed E-state index contributed by atoms with van der Waals surface area (Å²) in [6.07, 6.45) is -5.40. The Balaban J connectivity index is 1.71. The highest BCUT2D eigenvalue weighted by molar-refractivity contribution is 5.94. The molecule has 23 heavy (non-hydrogen) atoms. The Kier molecular flexibility index (Phi) is 3.85. The van der Waals surface area contributed by atoms with E-state index >= 15 is 0 Å². The molecule has 0 fully saturated rings. The molecular weight excluding hydrogens is 311 g/mol. The molecule has 1 aliphatic rings. The maximum atomic E-state index is 12.7. The first-order valence-electron chi connectivity index (χ1n) is 6.80. The molecule has 1 amide bonds. The zero-order valence-corrected chi connectivity index (χ0v) is 11.8. The lowest BCUT2D eigenvalue weighted by Gasteiger charge is -2.25. The second-order valence-electron chi connectivity index (χ2n) is 4.93. The fourth-order valence-corrected chi connectivity index (χ4v) is 2.14. The Morgan fingerprint density at radius 3 is 2.57 bits per heavy atom. The lowest BCUT2D eigenvalue weighted by atomic mass is 10.2. The highest BCUT2D eigenvalue weighted by Crippen LogP contribution is 2.32. The van der Waals surface area contributed by atoms with E-state index in [2.05, 4.69) is 5.32 Å². The van der Waals surface area contributed by atoms with Gasteiger partial charge >= 0.3 is 6.18 Å². The van der Waals surface area contributed by atoms with E-state index in [-0.39, 0.29) is 12.3 Å². The molecule has 0 radical (unpaired) electrons. The molecule has 2 aromatic carbocycles. The van der Waals surface area contributed by atoms with Gasteiger partial charge in [-0.05, 0) is 30.3 Å². The van der Waals surface area contributed by atoms with E-state index in [9.17, 15) is 18.0 Å². The fourth-order valence-electron chi connectivity index (χ4n) is 2.14. The van der Waals surface area contributed by atoms with Gasteiger partial charge in [-0.25, -0.2) is 0 Å². The molecule has 2 aromatic rings. The van der Waals surface area contributed by atoms with Crippen LogP contribution in [0.25, 0.3) is 0 Å². The average Bonchev–Trinajstić information content (AvgIpc) is 2.54. The van der Waals surface area contributed by atoms with Crippen LogP contribution in [0.4, 0.5) is 18.9 Å². The van der Waals surface area contributed by atoms with Gasteiger partial charge < -0.3 is 14.8 Å². The lowest BCUT2D eigenvalue weighted by Crippen LogP contribution is -2.40. The van der Waals surface area contributed by atoms with Gasteiger partial charge in [0.05, 0.1) is 5.56 Å². The second kappa shape index (κ2) is 5.83. The molecule has 0 aliphatic carbocycles. The van der Waals surface area contributed by atoms with Crippen molar-refractivity contribution in [3.05, 3.63) is 54.1 Å². The maximum absolute atomic E-state index is 12.7. The van der Waals surface area contributed by atoms with Crippen molar-refractivity contribution in [1.82, 2.24) is 0 Å². The van der Waals surface area contributed by atoms with Gasteiger partial charge in [0.1, 0.15) is 6.61 Å². The number of halogens is 3. The van der Waals surface area contributed by atoms with Crippen LogP contribution in [0.2, 0.25) is 0 Å². The highest BCUT2D eigenvalue weighted by atomic mass is 19.4. The van der Waals surface area contributed by atoms with Gasteiger partial charge in [-0.1, -0.05) is 18.2 Å².